The molecule has 0 saturated carbocycles. The summed E-state index contributed by atoms with van der Waals surface area (Å²) in [4.78, 5) is 15.2. The van der Waals surface area contributed by atoms with E-state index >= 15 is 0 Å². The van der Waals surface area contributed by atoms with Gasteiger partial charge in [0.05, 0.1) is 18.4 Å². The fourth-order valence-electron chi connectivity index (χ4n) is 0.801. The van der Waals surface area contributed by atoms with E-state index in [1.165, 1.54) is 12.4 Å². The second kappa shape index (κ2) is 4.61. The molecular formula is C8H13N5O. The van der Waals surface area contributed by atoms with Crippen LogP contribution in [-0.4, -0.2) is 27.1 Å². The zero-order valence-corrected chi connectivity index (χ0v) is 8.14. The molecule has 0 radical (unpaired) electrons. The van der Waals surface area contributed by atoms with Crippen molar-refractivity contribution >= 4 is 11.9 Å². The van der Waals surface area contributed by atoms with Crippen LogP contribution in [0, 0.1) is 5.92 Å². The Hall–Kier alpha value is -1.56. The Balaban J connectivity index is 2.58. The highest BCUT2D eigenvalue weighted by Gasteiger charge is 2.17. The summed E-state index contributed by atoms with van der Waals surface area (Å²) < 4.78 is 0. The Morgan fingerprint density at radius 1 is 1.50 bits per heavy atom. The van der Waals surface area contributed by atoms with Gasteiger partial charge in [-0.25, -0.2) is 4.98 Å². The molecular weight excluding hydrogens is 182 g/mol. The van der Waals surface area contributed by atoms with Gasteiger partial charge in [0.1, 0.15) is 0 Å². The molecule has 3 N–H and O–H groups in total. The van der Waals surface area contributed by atoms with E-state index in [1.54, 1.807) is 0 Å². The van der Waals surface area contributed by atoms with Crippen molar-refractivity contribution in [3.8, 4) is 0 Å². The third kappa shape index (κ3) is 2.74. The summed E-state index contributed by atoms with van der Waals surface area (Å²) in [6.45, 7) is 3.74. The fraction of sp³-hybridized carbons (Fsp3) is 0.500. The topological polar surface area (TPSA) is 93.8 Å². The number of amides is 1. The molecule has 1 aromatic rings. The largest absolute Gasteiger partial charge is 0.320 e. The van der Waals surface area contributed by atoms with Crippen molar-refractivity contribution < 1.29 is 4.79 Å². The van der Waals surface area contributed by atoms with Crippen molar-refractivity contribution in [1.82, 2.24) is 15.2 Å². The van der Waals surface area contributed by atoms with E-state index in [0.29, 0.717) is 0 Å². The van der Waals surface area contributed by atoms with E-state index < -0.39 is 6.04 Å². The molecule has 0 fully saturated rings. The van der Waals surface area contributed by atoms with Crippen LogP contribution in [-0.2, 0) is 4.79 Å². The average molecular weight is 195 g/mol. The summed E-state index contributed by atoms with van der Waals surface area (Å²) in [7, 11) is 0. The monoisotopic (exact) mass is 195 g/mol. The molecule has 0 spiro atoms. The molecule has 0 aliphatic rings. The molecule has 1 aromatic heterocycles. The minimum Gasteiger partial charge on any atom is -0.320 e. The van der Waals surface area contributed by atoms with Gasteiger partial charge in [0.15, 0.2) is 0 Å². The van der Waals surface area contributed by atoms with Gasteiger partial charge in [-0.15, -0.1) is 5.10 Å². The third-order valence-electron chi connectivity index (χ3n) is 1.74. The van der Waals surface area contributed by atoms with Crippen molar-refractivity contribution in [3.05, 3.63) is 12.4 Å². The number of nitrogens with one attached hydrogen (secondary N) is 1. The van der Waals surface area contributed by atoms with Crippen LogP contribution in [0.4, 0.5) is 5.95 Å². The van der Waals surface area contributed by atoms with Crippen molar-refractivity contribution in [1.29, 1.82) is 0 Å². The number of hydrogen-bond acceptors (Lipinski definition) is 5. The lowest BCUT2D eigenvalue weighted by atomic mass is 10.1. The van der Waals surface area contributed by atoms with E-state index in [-0.39, 0.29) is 17.8 Å². The van der Waals surface area contributed by atoms with Crippen molar-refractivity contribution in [3.63, 3.8) is 0 Å². The number of nitrogens with zero attached hydrogens (tertiary/aromatic N) is 3. The van der Waals surface area contributed by atoms with Crippen LogP contribution >= 0.6 is 0 Å². The highest BCUT2D eigenvalue weighted by Crippen LogP contribution is 2.01. The minimum absolute atomic E-state index is 0.0756. The lowest BCUT2D eigenvalue weighted by Crippen LogP contribution is -2.40. The quantitative estimate of drug-likeness (QED) is 0.696. The van der Waals surface area contributed by atoms with Crippen molar-refractivity contribution in [2.24, 2.45) is 11.7 Å². The molecule has 0 saturated heterocycles. The number of nitrogens with two attached hydrogens (primary N) is 1. The lowest BCUT2D eigenvalue weighted by molar-refractivity contribution is -0.118. The number of aromatic nitrogens is 3. The van der Waals surface area contributed by atoms with Gasteiger partial charge in [-0.3, -0.25) is 10.1 Å². The Kier molecular flexibility index (Phi) is 3.47. The summed E-state index contributed by atoms with van der Waals surface area (Å²) >= 11 is 0. The SMILES string of the molecule is CC(C)[C@H](N)C(=O)Nc1nccnn1. The van der Waals surface area contributed by atoms with E-state index in [1.807, 2.05) is 13.8 Å². The summed E-state index contributed by atoms with van der Waals surface area (Å²) in [6.07, 6.45) is 2.88. The van der Waals surface area contributed by atoms with Crippen molar-refractivity contribution in [2.45, 2.75) is 19.9 Å². The average Bonchev–Trinajstić information content (AvgIpc) is 2.18. The maximum atomic E-state index is 11.4. The predicted octanol–water partition coefficient (Wildman–Crippen LogP) is -0.207. The third-order valence-corrected chi connectivity index (χ3v) is 1.74. The normalized spacial score (nSPS) is 12.6. The second-order valence-corrected chi connectivity index (χ2v) is 3.23. The van der Waals surface area contributed by atoms with Gasteiger partial charge in [0.25, 0.3) is 0 Å². The smallest absolute Gasteiger partial charge is 0.249 e. The number of carbonyl (C=O) groups excluding carboxylic acids is 1. The van der Waals surface area contributed by atoms with E-state index in [4.69, 9.17) is 5.73 Å². The maximum absolute atomic E-state index is 11.4. The maximum Gasteiger partial charge on any atom is 0.249 e. The Morgan fingerprint density at radius 3 is 2.71 bits per heavy atom. The van der Waals surface area contributed by atoms with Gasteiger partial charge in [-0.2, -0.15) is 5.10 Å². The van der Waals surface area contributed by atoms with Gasteiger partial charge < -0.3 is 5.73 Å². The van der Waals surface area contributed by atoms with Gasteiger partial charge in [-0.1, -0.05) is 13.8 Å². The van der Waals surface area contributed by atoms with Gasteiger partial charge in [0, 0.05) is 0 Å². The first-order valence-electron chi connectivity index (χ1n) is 4.31. The number of rotatable bonds is 3. The minimum atomic E-state index is -0.557. The van der Waals surface area contributed by atoms with Gasteiger partial charge >= 0.3 is 0 Å². The van der Waals surface area contributed by atoms with Gasteiger partial charge in [0.2, 0.25) is 11.9 Å². The van der Waals surface area contributed by atoms with Gasteiger partial charge in [-0.05, 0) is 5.92 Å². The molecule has 76 valence electrons. The first kappa shape index (κ1) is 10.5. The van der Waals surface area contributed by atoms with Crippen LogP contribution in [0.25, 0.3) is 0 Å². The van der Waals surface area contributed by atoms with Crippen molar-refractivity contribution in [2.75, 3.05) is 5.32 Å². The fourth-order valence-corrected chi connectivity index (χ4v) is 0.801. The first-order valence-corrected chi connectivity index (χ1v) is 4.31. The first-order chi connectivity index (χ1) is 6.61. The molecule has 0 aliphatic heterocycles. The van der Waals surface area contributed by atoms with Crippen LogP contribution in [0.1, 0.15) is 13.8 Å². The molecule has 14 heavy (non-hydrogen) atoms. The van der Waals surface area contributed by atoms with E-state index in [0.717, 1.165) is 0 Å². The highest BCUT2D eigenvalue weighted by molar-refractivity contribution is 5.93. The Morgan fingerprint density at radius 2 is 2.21 bits per heavy atom. The number of hydrogen-bond donors (Lipinski definition) is 2. The zero-order chi connectivity index (χ0) is 10.6. The highest BCUT2D eigenvalue weighted by atomic mass is 16.2. The Bertz CT molecular complexity index is 300. The molecule has 0 aliphatic carbocycles. The molecule has 0 aromatic carbocycles. The standard InChI is InChI=1S/C8H13N5O/c1-5(2)6(9)7(14)12-8-10-3-4-11-13-8/h3-6H,9H2,1-2H3,(H,10,12,13,14)/t6-/m0/s1. The summed E-state index contributed by atoms with van der Waals surface area (Å²) in [6, 6.07) is -0.557. The molecule has 1 heterocycles. The molecule has 0 unspecified atom stereocenters. The van der Waals surface area contributed by atoms with Crippen LogP contribution in [0.5, 0.6) is 0 Å². The molecule has 1 rings (SSSR count). The molecule has 6 nitrogen and oxygen atoms in total. The molecule has 1 atom stereocenters. The molecule has 6 heteroatoms. The zero-order valence-electron chi connectivity index (χ0n) is 8.14. The molecule has 0 bridgehead atoms. The second-order valence-electron chi connectivity index (χ2n) is 3.23. The van der Waals surface area contributed by atoms with E-state index in [9.17, 15) is 4.79 Å². The summed E-state index contributed by atoms with van der Waals surface area (Å²) in [5.41, 5.74) is 5.62. The van der Waals surface area contributed by atoms with Crippen LogP contribution in [0.3, 0.4) is 0 Å². The van der Waals surface area contributed by atoms with E-state index in [2.05, 4.69) is 20.5 Å². The lowest BCUT2D eigenvalue weighted by Gasteiger charge is -2.13. The van der Waals surface area contributed by atoms with Crippen LogP contribution in [0.2, 0.25) is 0 Å². The summed E-state index contributed by atoms with van der Waals surface area (Å²) in [5.74, 6) is -0.0479. The Labute approximate surface area is 81.9 Å². The molecule has 1 amide bonds. The van der Waals surface area contributed by atoms with Crippen LogP contribution in [0.15, 0.2) is 12.4 Å². The summed E-state index contributed by atoms with van der Waals surface area (Å²) in [5, 5.41) is 9.66. The number of anilines is 1. The number of carbonyl (C=O) groups is 1. The van der Waals surface area contributed by atoms with Crippen LogP contribution < -0.4 is 11.1 Å². The predicted molar refractivity (Wildman–Crippen MR) is 51.3 cm³/mol.